The highest BCUT2D eigenvalue weighted by Gasteiger charge is 2.09. The van der Waals surface area contributed by atoms with E-state index in [0.29, 0.717) is 12.3 Å². The van der Waals surface area contributed by atoms with E-state index in [1.807, 2.05) is 6.07 Å². The SMILES string of the molecule is CC(C)CN(CCC#N)Cc1ccc(C#CCO)s1. The van der Waals surface area contributed by atoms with Crippen LogP contribution >= 0.6 is 11.3 Å². The standard InChI is InChI=1S/C15H20N2OS/c1-13(2)11-17(9-4-8-16)12-15-7-6-14(19-15)5-3-10-18/h6-7,13,18H,4,9-12H2,1-2H3. The van der Waals surface area contributed by atoms with Gasteiger partial charge in [0.05, 0.1) is 10.9 Å². The molecule has 0 amide bonds. The van der Waals surface area contributed by atoms with Gasteiger partial charge >= 0.3 is 0 Å². The Labute approximate surface area is 119 Å². The van der Waals surface area contributed by atoms with Crippen LogP contribution in [0.5, 0.6) is 0 Å². The summed E-state index contributed by atoms with van der Waals surface area (Å²) in [5.74, 6) is 6.17. The van der Waals surface area contributed by atoms with E-state index in [-0.39, 0.29) is 6.61 Å². The summed E-state index contributed by atoms with van der Waals surface area (Å²) in [7, 11) is 0. The Morgan fingerprint density at radius 3 is 2.84 bits per heavy atom. The van der Waals surface area contributed by atoms with E-state index in [2.05, 4.69) is 42.7 Å². The topological polar surface area (TPSA) is 47.3 Å². The van der Waals surface area contributed by atoms with Gasteiger partial charge in [0.2, 0.25) is 0 Å². The van der Waals surface area contributed by atoms with E-state index in [9.17, 15) is 0 Å². The summed E-state index contributed by atoms with van der Waals surface area (Å²) in [6.07, 6.45) is 0.565. The fraction of sp³-hybridized carbons (Fsp3) is 0.533. The van der Waals surface area contributed by atoms with Crippen LogP contribution in [-0.4, -0.2) is 29.7 Å². The van der Waals surface area contributed by atoms with Gasteiger partial charge in [-0.1, -0.05) is 25.7 Å². The molecule has 0 saturated carbocycles. The molecule has 0 aliphatic carbocycles. The Balaban J connectivity index is 2.62. The number of aliphatic hydroxyl groups is 1. The molecule has 0 aliphatic heterocycles. The minimum atomic E-state index is -0.102. The Morgan fingerprint density at radius 2 is 2.21 bits per heavy atom. The summed E-state index contributed by atoms with van der Waals surface area (Å²) >= 11 is 1.65. The molecule has 0 radical (unpaired) electrons. The summed E-state index contributed by atoms with van der Waals surface area (Å²) in [5.41, 5.74) is 0. The first-order valence-electron chi connectivity index (χ1n) is 6.43. The molecule has 0 spiro atoms. The van der Waals surface area contributed by atoms with Gasteiger partial charge in [-0.05, 0) is 18.1 Å². The summed E-state index contributed by atoms with van der Waals surface area (Å²) in [5, 5.41) is 17.4. The van der Waals surface area contributed by atoms with Gasteiger partial charge in [-0.15, -0.1) is 11.3 Å². The van der Waals surface area contributed by atoms with E-state index in [0.717, 1.165) is 24.5 Å². The second kappa shape index (κ2) is 8.72. The van der Waals surface area contributed by atoms with Crippen molar-refractivity contribution in [2.45, 2.75) is 26.8 Å². The van der Waals surface area contributed by atoms with E-state index >= 15 is 0 Å². The molecule has 0 aromatic carbocycles. The van der Waals surface area contributed by atoms with Crippen molar-refractivity contribution in [1.82, 2.24) is 4.90 Å². The highest BCUT2D eigenvalue weighted by atomic mass is 32.1. The molecule has 0 atom stereocenters. The van der Waals surface area contributed by atoms with Crippen LogP contribution in [-0.2, 0) is 6.54 Å². The van der Waals surface area contributed by atoms with Crippen LogP contribution in [0.15, 0.2) is 12.1 Å². The van der Waals surface area contributed by atoms with Crippen LogP contribution in [0.25, 0.3) is 0 Å². The number of aliphatic hydroxyl groups excluding tert-OH is 1. The van der Waals surface area contributed by atoms with Crippen molar-refractivity contribution in [2.75, 3.05) is 19.7 Å². The lowest BCUT2D eigenvalue weighted by Crippen LogP contribution is -2.27. The smallest absolute Gasteiger partial charge is 0.104 e. The molecule has 0 unspecified atom stereocenters. The molecule has 4 heteroatoms. The molecule has 3 nitrogen and oxygen atoms in total. The zero-order valence-corrected chi connectivity index (χ0v) is 12.3. The molecule has 0 aliphatic rings. The van der Waals surface area contributed by atoms with Crippen LogP contribution in [0.2, 0.25) is 0 Å². The van der Waals surface area contributed by atoms with Crippen molar-refractivity contribution >= 4 is 11.3 Å². The maximum Gasteiger partial charge on any atom is 0.104 e. The summed E-state index contributed by atoms with van der Waals surface area (Å²) in [6.45, 7) is 6.94. The molecule has 0 bridgehead atoms. The predicted molar refractivity (Wildman–Crippen MR) is 78.6 cm³/mol. The maximum atomic E-state index is 8.70. The molecule has 1 heterocycles. The molecule has 1 aromatic heterocycles. The third kappa shape index (κ3) is 6.40. The van der Waals surface area contributed by atoms with Gasteiger partial charge in [0, 0.05) is 30.9 Å². The van der Waals surface area contributed by atoms with Gasteiger partial charge in [0.25, 0.3) is 0 Å². The van der Waals surface area contributed by atoms with E-state index in [1.165, 1.54) is 4.88 Å². The third-order valence-corrected chi connectivity index (χ3v) is 3.48. The van der Waals surface area contributed by atoms with Gasteiger partial charge in [-0.2, -0.15) is 5.26 Å². The van der Waals surface area contributed by atoms with Crippen LogP contribution < -0.4 is 0 Å². The van der Waals surface area contributed by atoms with Crippen molar-refractivity contribution < 1.29 is 5.11 Å². The van der Waals surface area contributed by atoms with Crippen molar-refractivity contribution in [3.05, 3.63) is 21.9 Å². The normalized spacial score (nSPS) is 10.3. The molecule has 102 valence electrons. The first kappa shape index (κ1) is 15.7. The average Bonchev–Trinajstić information content (AvgIpc) is 2.80. The Bertz CT molecular complexity index is 476. The fourth-order valence-corrected chi connectivity index (χ4v) is 2.76. The lowest BCUT2D eigenvalue weighted by molar-refractivity contribution is 0.243. The molecule has 0 fully saturated rings. The van der Waals surface area contributed by atoms with Gasteiger partial charge in [0.15, 0.2) is 0 Å². The number of nitrogens with zero attached hydrogens (tertiary/aromatic N) is 2. The first-order chi connectivity index (χ1) is 9.15. The van der Waals surface area contributed by atoms with E-state index in [4.69, 9.17) is 10.4 Å². The minimum Gasteiger partial charge on any atom is -0.384 e. The van der Waals surface area contributed by atoms with E-state index < -0.39 is 0 Å². The van der Waals surface area contributed by atoms with Gasteiger partial charge in [-0.25, -0.2) is 0 Å². The lowest BCUT2D eigenvalue weighted by atomic mass is 10.2. The third-order valence-electron chi connectivity index (χ3n) is 2.49. The minimum absolute atomic E-state index is 0.102. The van der Waals surface area contributed by atoms with Crippen molar-refractivity contribution in [3.8, 4) is 17.9 Å². The highest BCUT2D eigenvalue weighted by Crippen LogP contribution is 2.18. The van der Waals surface area contributed by atoms with Crippen molar-refractivity contribution in [2.24, 2.45) is 5.92 Å². The van der Waals surface area contributed by atoms with Gasteiger partial charge in [0.1, 0.15) is 6.61 Å². The second-order valence-corrected chi connectivity index (χ2v) is 5.93. The molecule has 19 heavy (non-hydrogen) atoms. The van der Waals surface area contributed by atoms with Crippen LogP contribution in [0.3, 0.4) is 0 Å². The highest BCUT2D eigenvalue weighted by molar-refractivity contribution is 7.12. The van der Waals surface area contributed by atoms with Gasteiger partial charge < -0.3 is 5.11 Å². The van der Waals surface area contributed by atoms with Crippen LogP contribution in [0.1, 0.15) is 30.0 Å². The zero-order chi connectivity index (χ0) is 14.1. The fourth-order valence-electron chi connectivity index (χ4n) is 1.84. The quantitative estimate of drug-likeness (QED) is 0.812. The molecule has 1 aromatic rings. The van der Waals surface area contributed by atoms with Crippen molar-refractivity contribution in [3.63, 3.8) is 0 Å². The Morgan fingerprint density at radius 1 is 1.42 bits per heavy atom. The number of thiophene rings is 1. The number of hydrogen-bond donors (Lipinski definition) is 1. The van der Waals surface area contributed by atoms with Crippen LogP contribution in [0, 0.1) is 29.1 Å². The molecule has 1 N–H and O–H groups in total. The summed E-state index contributed by atoms with van der Waals surface area (Å²) in [6, 6.07) is 6.26. The van der Waals surface area contributed by atoms with Gasteiger partial charge in [-0.3, -0.25) is 4.90 Å². The molecule has 1 rings (SSSR count). The maximum absolute atomic E-state index is 8.70. The number of nitriles is 1. The lowest BCUT2D eigenvalue weighted by Gasteiger charge is -2.22. The summed E-state index contributed by atoms with van der Waals surface area (Å²) < 4.78 is 0. The molecular formula is C15H20N2OS. The van der Waals surface area contributed by atoms with Crippen molar-refractivity contribution in [1.29, 1.82) is 5.26 Å². The number of hydrogen-bond acceptors (Lipinski definition) is 4. The Hall–Kier alpha value is -1.33. The zero-order valence-electron chi connectivity index (χ0n) is 11.5. The molecule has 0 saturated heterocycles. The number of rotatable bonds is 6. The van der Waals surface area contributed by atoms with E-state index in [1.54, 1.807) is 11.3 Å². The molecular weight excluding hydrogens is 256 g/mol. The average molecular weight is 276 g/mol. The second-order valence-electron chi connectivity index (χ2n) is 4.76. The Kier molecular flexibility index (Phi) is 7.22. The first-order valence-corrected chi connectivity index (χ1v) is 7.25. The van der Waals surface area contributed by atoms with Crippen LogP contribution in [0.4, 0.5) is 0 Å². The largest absolute Gasteiger partial charge is 0.384 e. The predicted octanol–water partition coefficient (Wildman–Crippen LogP) is 2.46. The monoisotopic (exact) mass is 276 g/mol. The summed E-state index contributed by atoms with van der Waals surface area (Å²) in [4.78, 5) is 4.54.